The third-order valence-corrected chi connectivity index (χ3v) is 6.74. The molecule has 0 spiro atoms. The number of benzene rings is 3. The van der Waals surface area contributed by atoms with Crippen LogP contribution < -0.4 is 10.6 Å². The smallest absolute Gasteiger partial charge is 0.260 e. The Morgan fingerprint density at radius 3 is 2.56 bits per heavy atom. The fourth-order valence-electron chi connectivity index (χ4n) is 4.17. The first kappa shape index (κ1) is 23.4. The van der Waals surface area contributed by atoms with Crippen molar-refractivity contribution in [2.75, 3.05) is 11.9 Å². The van der Waals surface area contributed by atoms with Gasteiger partial charge in [-0.1, -0.05) is 60.7 Å². The van der Waals surface area contributed by atoms with Gasteiger partial charge in [-0.25, -0.2) is 9.37 Å². The maximum Gasteiger partial charge on any atom is 0.260 e. The van der Waals surface area contributed by atoms with Crippen molar-refractivity contribution in [3.8, 4) is 0 Å². The predicted octanol–water partition coefficient (Wildman–Crippen LogP) is 5.51. The summed E-state index contributed by atoms with van der Waals surface area (Å²) >= 11 is 1.19. The van der Waals surface area contributed by atoms with Crippen molar-refractivity contribution >= 4 is 39.2 Å². The van der Waals surface area contributed by atoms with Gasteiger partial charge in [-0.05, 0) is 29.3 Å². The number of fused-ring (bicyclic) bond motifs is 1. The Labute approximate surface area is 211 Å². The standard InChI is InChI=1S/C28H23FN4O2S/c29-24-12-6-4-11-21(24)27(35)33-28-32-19(17-36-28)14-26(34)31-15-22(18-8-2-1-3-9-18)23-16-30-25-13-7-5-10-20(23)25/h1-13,16-17,22,30H,14-15H2,(H,31,34)(H,32,33,35). The molecule has 5 aromatic rings. The van der Waals surface area contributed by atoms with Crippen LogP contribution in [0.2, 0.25) is 0 Å². The molecule has 0 radical (unpaired) electrons. The molecule has 0 saturated carbocycles. The summed E-state index contributed by atoms with van der Waals surface area (Å²) in [6, 6.07) is 23.9. The third-order valence-electron chi connectivity index (χ3n) is 5.93. The number of anilines is 1. The summed E-state index contributed by atoms with van der Waals surface area (Å²) in [4.78, 5) is 32.7. The zero-order valence-electron chi connectivity index (χ0n) is 19.2. The highest BCUT2D eigenvalue weighted by atomic mass is 32.1. The second-order valence-electron chi connectivity index (χ2n) is 8.31. The molecular weight excluding hydrogens is 475 g/mol. The van der Waals surface area contributed by atoms with Crippen LogP contribution in [-0.2, 0) is 11.2 Å². The molecule has 0 aliphatic heterocycles. The normalized spacial score (nSPS) is 11.8. The van der Waals surface area contributed by atoms with Crippen LogP contribution in [0.1, 0.15) is 33.1 Å². The van der Waals surface area contributed by atoms with E-state index in [4.69, 9.17) is 0 Å². The Kier molecular flexibility index (Phi) is 6.86. The molecule has 3 N–H and O–H groups in total. The largest absolute Gasteiger partial charge is 0.361 e. The maximum absolute atomic E-state index is 13.8. The molecule has 36 heavy (non-hydrogen) atoms. The summed E-state index contributed by atoms with van der Waals surface area (Å²) in [5, 5.41) is 8.78. The van der Waals surface area contributed by atoms with Crippen LogP contribution >= 0.6 is 11.3 Å². The SMILES string of the molecule is O=C(Cc1csc(NC(=O)c2ccccc2F)n1)NCC(c1ccccc1)c1c[nH]c2ccccc12. The summed E-state index contributed by atoms with van der Waals surface area (Å²) < 4.78 is 13.8. The van der Waals surface area contributed by atoms with E-state index in [1.54, 1.807) is 11.4 Å². The van der Waals surface area contributed by atoms with Crippen LogP contribution in [0.15, 0.2) is 90.4 Å². The third kappa shape index (κ3) is 5.18. The van der Waals surface area contributed by atoms with Crippen molar-refractivity contribution in [1.29, 1.82) is 0 Å². The monoisotopic (exact) mass is 498 g/mol. The summed E-state index contributed by atoms with van der Waals surface area (Å²) in [5.74, 6) is -1.39. The van der Waals surface area contributed by atoms with E-state index in [-0.39, 0.29) is 23.8 Å². The van der Waals surface area contributed by atoms with Gasteiger partial charge in [0, 0.05) is 34.9 Å². The first-order chi connectivity index (χ1) is 17.6. The van der Waals surface area contributed by atoms with E-state index in [0.717, 1.165) is 22.0 Å². The van der Waals surface area contributed by atoms with Crippen LogP contribution in [0.5, 0.6) is 0 Å². The van der Waals surface area contributed by atoms with Crippen molar-refractivity contribution < 1.29 is 14.0 Å². The molecule has 2 aromatic heterocycles. The number of rotatable bonds is 8. The number of amides is 2. The van der Waals surface area contributed by atoms with Gasteiger partial charge >= 0.3 is 0 Å². The Hall–Kier alpha value is -4.30. The number of aromatic nitrogens is 2. The molecule has 6 nitrogen and oxygen atoms in total. The Morgan fingerprint density at radius 2 is 1.72 bits per heavy atom. The van der Waals surface area contributed by atoms with E-state index in [1.807, 2.05) is 42.6 Å². The number of carbonyl (C=O) groups is 2. The summed E-state index contributed by atoms with van der Waals surface area (Å²) in [6.45, 7) is 0.422. The molecule has 0 bridgehead atoms. The van der Waals surface area contributed by atoms with E-state index in [1.165, 1.54) is 29.5 Å². The molecule has 0 aliphatic rings. The number of hydrogen-bond donors (Lipinski definition) is 3. The van der Waals surface area contributed by atoms with Gasteiger partial charge in [0.05, 0.1) is 17.7 Å². The van der Waals surface area contributed by atoms with Crippen LogP contribution in [0.3, 0.4) is 0 Å². The lowest BCUT2D eigenvalue weighted by molar-refractivity contribution is -0.120. The number of halogens is 1. The second-order valence-corrected chi connectivity index (χ2v) is 9.17. The zero-order chi connectivity index (χ0) is 24.9. The number of aromatic amines is 1. The average Bonchev–Trinajstić information content (AvgIpc) is 3.52. The van der Waals surface area contributed by atoms with Gasteiger partial charge in [0.2, 0.25) is 5.91 Å². The van der Waals surface area contributed by atoms with Crippen molar-refractivity contribution in [3.05, 3.63) is 119 Å². The molecule has 1 atom stereocenters. The number of nitrogens with one attached hydrogen (secondary N) is 3. The van der Waals surface area contributed by atoms with Gasteiger partial charge in [-0.2, -0.15) is 0 Å². The first-order valence-electron chi connectivity index (χ1n) is 11.5. The number of nitrogens with zero attached hydrogens (tertiary/aromatic N) is 1. The molecule has 3 aromatic carbocycles. The molecule has 2 amide bonds. The van der Waals surface area contributed by atoms with Crippen LogP contribution in [-0.4, -0.2) is 28.3 Å². The molecule has 0 fully saturated rings. The van der Waals surface area contributed by atoms with Crippen molar-refractivity contribution in [1.82, 2.24) is 15.3 Å². The van der Waals surface area contributed by atoms with E-state index < -0.39 is 11.7 Å². The minimum absolute atomic E-state index is 0.0302. The lowest BCUT2D eigenvalue weighted by Gasteiger charge is -2.18. The number of carbonyl (C=O) groups excluding carboxylic acids is 2. The molecule has 5 rings (SSSR count). The van der Waals surface area contributed by atoms with E-state index in [9.17, 15) is 14.0 Å². The number of para-hydroxylation sites is 1. The van der Waals surface area contributed by atoms with Crippen molar-refractivity contribution in [2.24, 2.45) is 0 Å². The molecule has 0 saturated heterocycles. The van der Waals surface area contributed by atoms with E-state index >= 15 is 0 Å². The Morgan fingerprint density at radius 1 is 0.972 bits per heavy atom. The van der Waals surface area contributed by atoms with Crippen molar-refractivity contribution in [2.45, 2.75) is 12.3 Å². The van der Waals surface area contributed by atoms with Gasteiger partial charge in [0.25, 0.3) is 5.91 Å². The highest BCUT2D eigenvalue weighted by Crippen LogP contribution is 2.30. The molecular formula is C28H23FN4O2S. The summed E-state index contributed by atoms with van der Waals surface area (Å²) in [6.07, 6.45) is 2.07. The molecule has 2 heterocycles. The summed E-state index contributed by atoms with van der Waals surface area (Å²) in [5.41, 5.74) is 3.74. The van der Waals surface area contributed by atoms with Crippen molar-refractivity contribution in [3.63, 3.8) is 0 Å². The topological polar surface area (TPSA) is 86.9 Å². The highest BCUT2D eigenvalue weighted by molar-refractivity contribution is 7.14. The lowest BCUT2D eigenvalue weighted by atomic mass is 9.91. The minimum Gasteiger partial charge on any atom is -0.361 e. The zero-order valence-corrected chi connectivity index (χ0v) is 20.0. The Bertz CT molecular complexity index is 1510. The number of hydrogen-bond acceptors (Lipinski definition) is 4. The lowest BCUT2D eigenvalue weighted by Crippen LogP contribution is -2.30. The quantitative estimate of drug-likeness (QED) is 0.264. The van der Waals surface area contributed by atoms with E-state index in [0.29, 0.717) is 17.4 Å². The molecule has 1 unspecified atom stereocenters. The predicted molar refractivity (Wildman–Crippen MR) is 140 cm³/mol. The van der Waals surface area contributed by atoms with E-state index in [2.05, 4.69) is 38.8 Å². The number of thiazole rings is 1. The summed E-state index contributed by atoms with van der Waals surface area (Å²) in [7, 11) is 0. The molecule has 8 heteroatoms. The number of H-pyrrole nitrogens is 1. The second kappa shape index (κ2) is 10.5. The maximum atomic E-state index is 13.8. The minimum atomic E-state index is -0.602. The van der Waals surface area contributed by atoms with Crippen LogP contribution in [0.4, 0.5) is 9.52 Å². The van der Waals surface area contributed by atoms with Gasteiger partial charge in [0.1, 0.15) is 5.82 Å². The fraction of sp³-hybridized carbons (Fsp3) is 0.107. The highest BCUT2D eigenvalue weighted by Gasteiger charge is 2.20. The van der Waals surface area contributed by atoms with Gasteiger partial charge < -0.3 is 10.3 Å². The average molecular weight is 499 g/mol. The van der Waals surface area contributed by atoms with Gasteiger partial charge in [-0.3, -0.25) is 14.9 Å². The Balaban J connectivity index is 1.25. The van der Waals surface area contributed by atoms with Gasteiger partial charge in [0.15, 0.2) is 5.13 Å². The fourth-order valence-corrected chi connectivity index (χ4v) is 4.88. The van der Waals surface area contributed by atoms with Crippen LogP contribution in [0.25, 0.3) is 10.9 Å². The van der Waals surface area contributed by atoms with Crippen LogP contribution in [0, 0.1) is 5.82 Å². The van der Waals surface area contributed by atoms with Gasteiger partial charge in [-0.15, -0.1) is 11.3 Å². The molecule has 0 aliphatic carbocycles. The first-order valence-corrected chi connectivity index (χ1v) is 12.3. The molecule has 180 valence electrons.